The van der Waals surface area contributed by atoms with Gasteiger partial charge in [0.25, 0.3) is 0 Å². The maximum atomic E-state index is 11.6. The van der Waals surface area contributed by atoms with Gasteiger partial charge in [0.05, 0.1) is 11.8 Å². The van der Waals surface area contributed by atoms with E-state index in [0.717, 1.165) is 0 Å². The number of benzene rings is 1. The molecule has 18 heavy (non-hydrogen) atoms. The maximum absolute atomic E-state index is 11.6. The minimum Gasteiger partial charge on any atom is -0.492 e. The second-order valence-electron chi connectivity index (χ2n) is 3.95. The predicted octanol–water partition coefficient (Wildman–Crippen LogP) is 0.478. The monoisotopic (exact) mass is 250 g/mol. The normalized spacial score (nSPS) is 26.4. The minimum atomic E-state index is -1.10. The Bertz CT molecular complexity index is 428. The summed E-state index contributed by atoms with van der Waals surface area (Å²) in [7, 11) is 0. The zero-order valence-electron chi connectivity index (χ0n) is 9.60. The average molecular weight is 250 g/mol. The summed E-state index contributed by atoms with van der Waals surface area (Å²) in [5.74, 6) is -0.490. The van der Waals surface area contributed by atoms with Crippen LogP contribution in [0.1, 0.15) is 10.4 Å². The highest BCUT2D eigenvalue weighted by atomic mass is 16.6. The number of esters is 1. The first-order valence-electron chi connectivity index (χ1n) is 5.59. The van der Waals surface area contributed by atoms with Crippen LogP contribution in [0.15, 0.2) is 42.7 Å². The number of carbonyl (C=O) groups excluding carboxylic acids is 1. The Morgan fingerprint density at radius 3 is 2.72 bits per heavy atom. The van der Waals surface area contributed by atoms with Crippen molar-refractivity contribution in [3.8, 4) is 0 Å². The first kappa shape index (κ1) is 12.6. The lowest BCUT2D eigenvalue weighted by Crippen LogP contribution is -2.43. The van der Waals surface area contributed by atoms with Gasteiger partial charge in [-0.25, -0.2) is 4.79 Å². The SMILES string of the molecule is O=C(OCC1OC=CC(O)[C@@H]1O)c1ccccc1. The molecule has 1 heterocycles. The molecule has 1 aromatic rings. The van der Waals surface area contributed by atoms with Gasteiger partial charge in [0.15, 0.2) is 6.10 Å². The lowest BCUT2D eigenvalue weighted by atomic mass is 10.1. The largest absolute Gasteiger partial charge is 0.492 e. The van der Waals surface area contributed by atoms with Crippen LogP contribution < -0.4 is 0 Å². The molecule has 0 spiro atoms. The molecule has 3 atom stereocenters. The highest BCUT2D eigenvalue weighted by Gasteiger charge is 2.30. The molecule has 0 amide bonds. The molecule has 5 nitrogen and oxygen atoms in total. The van der Waals surface area contributed by atoms with E-state index in [1.165, 1.54) is 12.3 Å². The predicted molar refractivity (Wildman–Crippen MR) is 62.8 cm³/mol. The molecule has 5 heteroatoms. The van der Waals surface area contributed by atoms with Crippen LogP contribution in [-0.4, -0.2) is 41.1 Å². The molecular formula is C13H14O5. The zero-order chi connectivity index (χ0) is 13.0. The molecular weight excluding hydrogens is 236 g/mol. The van der Waals surface area contributed by atoms with E-state index >= 15 is 0 Å². The molecule has 0 aromatic heterocycles. The molecule has 0 saturated carbocycles. The van der Waals surface area contributed by atoms with E-state index in [1.54, 1.807) is 30.3 Å². The fourth-order valence-electron chi connectivity index (χ4n) is 1.59. The number of hydrogen-bond donors (Lipinski definition) is 2. The summed E-state index contributed by atoms with van der Waals surface area (Å²) in [6.07, 6.45) is -0.228. The third-order valence-electron chi connectivity index (χ3n) is 2.65. The van der Waals surface area contributed by atoms with E-state index in [9.17, 15) is 15.0 Å². The molecule has 1 aliphatic heterocycles. The fourth-order valence-corrected chi connectivity index (χ4v) is 1.59. The molecule has 1 aromatic carbocycles. The van der Waals surface area contributed by atoms with Crippen LogP contribution in [0.25, 0.3) is 0 Å². The molecule has 2 rings (SSSR count). The third kappa shape index (κ3) is 2.88. The summed E-state index contributed by atoms with van der Waals surface area (Å²) >= 11 is 0. The number of aliphatic hydroxyl groups is 2. The Morgan fingerprint density at radius 1 is 1.28 bits per heavy atom. The van der Waals surface area contributed by atoms with Crippen LogP contribution in [0.5, 0.6) is 0 Å². The Hall–Kier alpha value is -1.85. The Morgan fingerprint density at radius 2 is 2.00 bits per heavy atom. The summed E-state index contributed by atoms with van der Waals surface area (Å²) in [5.41, 5.74) is 0.430. The van der Waals surface area contributed by atoms with Gasteiger partial charge in [0, 0.05) is 0 Å². The highest BCUT2D eigenvalue weighted by Crippen LogP contribution is 2.13. The smallest absolute Gasteiger partial charge is 0.338 e. The molecule has 96 valence electrons. The molecule has 0 radical (unpaired) electrons. The quantitative estimate of drug-likeness (QED) is 0.763. The first-order chi connectivity index (χ1) is 8.68. The number of aliphatic hydroxyl groups excluding tert-OH is 2. The average Bonchev–Trinajstić information content (AvgIpc) is 2.41. The van der Waals surface area contributed by atoms with Crippen LogP contribution >= 0.6 is 0 Å². The van der Waals surface area contributed by atoms with Crippen molar-refractivity contribution in [1.82, 2.24) is 0 Å². The second kappa shape index (κ2) is 5.66. The van der Waals surface area contributed by atoms with Gasteiger partial charge >= 0.3 is 5.97 Å². The molecule has 0 bridgehead atoms. The summed E-state index contributed by atoms with van der Waals surface area (Å²) in [6, 6.07) is 8.53. The first-order valence-corrected chi connectivity index (χ1v) is 5.59. The van der Waals surface area contributed by atoms with Gasteiger partial charge in [-0.3, -0.25) is 0 Å². The van der Waals surface area contributed by atoms with Crippen molar-refractivity contribution < 1.29 is 24.5 Å². The summed E-state index contributed by atoms with van der Waals surface area (Å²) < 4.78 is 10.1. The van der Waals surface area contributed by atoms with Crippen LogP contribution in [0.4, 0.5) is 0 Å². The van der Waals surface area contributed by atoms with Gasteiger partial charge in [-0.05, 0) is 18.2 Å². The zero-order valence-corrected chi connectivity index (χ0v) is 9.60. The molecule has 0 fully saturated rings. The molecule has 0 saturated heterocycles. The van der Waals surface area contributed by atoms with Crippen molar-refractivity contribution in [2.45, 2.75) is 18.3 Å². The number of ether oxygens (including phenoxy) is 2. The minimum absolute atomic E-state index is 0.115. The van der Waals surface area contributed by atoms with Crippen LogP contribution in [0.2, 0.25) is 0 Å². The highest BCUT2D eigenvalue weighted by molar-refractivity contribution is 5.89. The van der Waals surface area contributed by atoms with E-state index in [2.05, 4.69) is 0 Å². The number of carbonyl (C=O) groups is 1. The topological polar surface area (TPSA) is 76.0 Å². The van der Waals surface area contributed by atoms with Crippen LogP contribution in [-0.2, 0) is 9.47 Å². The van der Waals surface area contributed by atoms with Crippen molar-refractivity contribution in [2.24, 2.45) is 0 Å². The van der Waals surface area contributed by atoms with Crippen molar-refractivity contribution >= 4 is 5.97 Å². The Kier molecular flexibility index (Phi) is 3.96. The van der Waals surface area contributed by atoms with Crippen molar-refractivity contribution in [1.29, 1.82) is 0 Å². The second-order valence-corrected chi connectivity index (χ2v) is 3.95. The van der Waals surface area contributed by atoms with E-state index < -0.39 is 24.3 Å². The standard InChI is InChI=1S/C13H14O5/c14-10-6-7-17-11(12(10)15)8-18-13(16)9-4-2-1-3-5-9/h1-7,10-12,14-15H,8H2/t10?,11?,12-/m0/s1. The van der Waals surface area contributed by atoms with Gasteiger partial charge in [-0.1, -0.05) is 18.2 Å². The number of rotatable bonds is 3. The van der Waals surface area contributed by atoms with Crippen molar-refractivity contribution in [2.75, 3.05) is 6.61 Å². The van der Waals surface area contributed by atoms with Crippen molar-refractivity contribution in [3.63, 3.8) is 0 Å². The summed E-state index contributed by atoms with van der Waals surface area (Å²) in [4.78, 5) is 11.6. The van der Waals surface area contributed by atoms with Gasteiger partial charge in [0.2, 0.25) is 0 Å². The number of hydrogen-bond acceptors (Lipinski definition) is 5. The third-order valence-corrected chi connectivity index (χ3v) is 2.65. The van der Waals surface area contributed by atoms with E-state index in [0.29, 0.717) is 5.56 Å². The van der Waals surface area contributed by atoms with Crippen LogP contribution in [0.3, 0.4) is 0 Å². The Balaban J connectivity index is 1.89. The lowest BCUT2D eigenvalue weighted by Gasteiger charge is -2.27. The van der Waals surface area contributed by atoms with Gasteiger partial charge in [-0.15, -0.1) is 0 Å². The molecule has 2 unspecified atom stereocenters. The van der Waals surface area contributed by atoms with Crippen molar-refractivity contribution in [3.05, 3.63) is 48.2 Å². The molecule has 1 aliphatic rings. The molecule has 2 N–H and O–H groups in total. The summed E-state index contributed by atoms with van der Waals surface area (Å²) in [6.45, 7) is -0.115. The lowest BCUT2D eigenvalue weighted by molar-refractivity contribution is -0.0844. The Labute approximate surface area is 104 Å². The van der Waals surface area contributed by atoms with E-state index in [-0.39, 0.29) is 6.61 Å². The van der Waals surface area contributed by atoms with E-state index in [4.69, 9.17) is 9.47 Å². The van der Waals surface area contributed by atoms with Gasteiger partial charge in [-0.2, -0.15) is 0 Å². The fraction of sp³-hybridized carbons (Fsp3) is 0.308. The summed E-state index contributed by atoms with van der Waals surface area (Å²) in [5, 5.41) is 19.0. The maximum Gasteiger partial charge on any atom is 0.338 e. The van der Waals surface area contributed by atoms with Gasteiger partial charge < -0.3 is 19.7 Å². The molecule has 0 aliphatic carbocycles. The van der Waals surface area contributed by atoms with Gasteiger partial charge in [0.1, 0.15) is 18.8 Å². The van der Waals surface area contributed by atoms with Crippen LogP contribution in [0, 0.1) is 0 Å². The van der Waals surface area contributed by atoms with E-state index in [1.807, 2.05) is 0 Å².